The van der Waals surface area contributed by atoms with Gasteiger partial charge in [-0.25, -0.2) is 9.37 Å². The van der Waals surface area contributed by atoms with Crippen molar-refractivity contribution >= 4 is 23.1 Å². The van der Waals surface area contributed by atoms with Crippen LogP contribution < -0.4 is 9.47 Å². The molecule has 0 spiro atoms. The maximum absolute atomic E-state index is 13.0. The molecule has 2 heterocycles. The van der Waals surface area contributed by atoms with E-state index in [1.165, 1.54) is 23.9 Å². The summed E-state index contributed by atoms with van der Waals surface area (Å²) in [5.41, 5.74) is 1.99. The van der Waals surface area contributed by atoms with E-state index >= 15 is 0 Å². The molecule has 6 nitrogen and oxygen atoms in total. The number of thiazole rings is 1. The van der Waals surface area contributed by atoms with Gasteiger partial charge in [-0.05, 0) is 62.4 Å². The van der Waals surface area contributed by atoms with Crippen molar-refractivity contribution in [2.24, 2.45) is 0 Å². The summed E-state index contributed by atoms with van der Waals surface area (Å²) in [5, 5.41) is 11.5. The van der Waals surface area contributed by atoms with Gasteiger partial charge in [0.15, 0.2) is 6.10 Å². The van der Waals surface area contributed by atoms with Crippen LogP contribution in [0.3, 0.4) is 0 Å². The number of aromatic nitrogens is 3. The van der Waals surface area contributed by atoms with Crippen LogP contribution in [0.15, 0.2) is 63.6 Å². The lowest BCUT2D eigenvalue weighted by Crippen LogP contribution is -2.03. The van der Waals surface area contributed by atoms with E-state index in [0.717, 1.165) is 22.0 Å². The second-order valence-corrected chi connectivity index (χ2v) is 8.29. The molecule has 0 amide bonds. The molecule has 1 atom stereocenters. The molecule has 0 N–H and O–H groups in total. The molecule has 0 radical (unpaired) electrons. The molecule has 4 rings (SSSR count). The molecule has 2 aromatic carbocycles. The van der Waals surface area contributed by atoms with Gasteiger partial charge in [-0.1, -0.05) is 11.8 Å². The van der Waals surface area contributed by atoms with E-state index in [0.29, 0.717) is 29.2 Å². The third-order valence-electron chi connectivity index (χ3n) is 4.20. The Kier molecular flexibility index (Phi) is 6.83. The summed E-state index contributed by atoms with van der Waals surface area (Å²) >= 11 is 3.01. The number of ether oxygens (including phenoxy) is 2. The zero-order valence-electron chi connectivity index (χ0n) is 16.9. The van der Waals surface area contributed by atoms with Gasteiger partial charge in [-0.3, -0.25) is 0 Å². The van der Waals surface area contributed by atoms with Crippen molar-refractivity contribution in [3.05, 3.63) is 71.3 Å². The smallest absolute Gasteiger partial charge is 0.277 e. The lowest BCUT2D eigenvalue weighted by Gasteiger charge is -2.10. The highest BCUT2D eigenvalue weighted by atomic mass is 32.2. The van der Waals surface area contributed by atoms with Gasteiger partial charge < -0.3 is 13.9 Å². The molecule has 160 valence electrons. The first kappa shape index (κ1) is 21.3. The van der Waals surface area contributed by atoms with Gasteiger partial charge in [-0.2, -0.15) is 0 Å². The standard InChI is InChI=1S/C22H20FN3O3S2/c1-3-27-18-8-4-15(5-9-18)21-24-17(12-30-21)13-31-22-26-25-20(29-22)14(2)28-19-10-6-16(23)7-11-19/h4-12,14H,3,13H2,1-2H3. The molecule has 4 aromatic rings. The Bertz CT molecular complexity index is 1110. The van der Waals surface area contributed by atoms with Crippen molar-refractivity contribution < 1.29 is 18.3 Å². The molecule has 0 aliphatic rings. The Labute approximate surface area is 187 Å². The number of nitrogens with zero attached hydrogens (tertiary/aromatic N) is 3. The molecule has 1 unspecified atom stereocenters. The Hall–Kier alpha value is -2.91. The summed E-state index contributed by atoms with van der Waals surface area (Å²) in [4.78, 5) is 4.69. The summed E-state index contributed by atoms with van der Waals surface area (Å²) in [5.74, 6) is 2.04. The minimum Gasteiger partial charge on any atom is -0.494 e. The van der Waals surface area contributed by atoms with E-state index in [9.17, 15) is 4.39 Å². The highest BCUT2D eigenvalue weighted by molar-refractivity contribution is 7.98. The maximum Gasteiger partial charge on any atom is 0.277 e. The molecule has 0 fully saturated rings. The number of thioether (sulfide) groups is 1. The third kappa shape index (κ3) is 5.62. The van der Waals surface area contributed by atoms with Gasteiger partial charge in [0.2, 0.25) is 0 Å². The topological polar surface area (TPSA) is 70.3 Å². The normalized spacial score (nSPS) is 12.0. The Morgan fingerprint density at radius 1 is 1.06 bits per heavy atom. The zero-order valence-corrected chi connectivity index (χ0v) is 18.6. The number of benzene rings is 2. The summed E-state index contributed by atoms with van der Waals surface area (Å²) < 4.78 is 29.9. The van der Waals surface area contributed by atoms with Crippen molar-refractivity contribution in [1.29, 1.82) is 0 Å². The van der Waals surface area contributed by atoms with Crippen molar-refractivity contribution in [2.75, 3.05) is 6.61 Å². The van der Waals surface area contributed by atoms with E-state index in [-0.39, 0.29) is 5.82 Å². The minimum atomic E-state index is -0.446. The largest absolute Gasteiger partial charge is 0.494 e. The predicted octanol–water partition coefficient (Wildman–Crippen LogP) is 6.16. The van der Waals surface area contributed by atoms with Gasteiger partial charge in [0, 0.05) is 16.7 Å². The number of rotatable bonds is 9. The third-order valence-corrected chi connectivity index (χ3v) is 6.00. The van der Waals surface area contributed by atoms with Crippen LogP contribution in [0.4, 0.5) is 4.39 Å². The zero-order chi connectivity index (χ0) is 21.6. The van der Waals surface area contributed by atoms with Crippen LogP contribution in [0.25, 0.3) is 10.6 Å². The van der Waals surface area contributed by atoms with Crippen LogP contribution in [-0.4, -0.2) is 21.8 Å². The van der Waals surface area contributed by atoms with Gasteiger partial charge in [0.1, 0.15) is 22.3 Å². The predicted molar refractivity (Wildman–Crippen MR) is 118 cm³/mol. The molecular weight excluding hydrogens is 437 g/mol. The fourth-order valence-electron chi connectivity index (χ4n) is 2.71. The summed E-state index contributed by atoms with van der Waals surface area (Å²) in [6.45, 7) is 4.41. The van der Waals surface area contributed by atoms with Crippen molar-refractivity contribution in [3.8, 4) is 22.1 Å². The Morgan fingerprint density at radius 3 is 2.55 bits per heavy atom. The van der Waals surface area contributed by atoms with Crippen LogP contribution in [-0.2, 0) is 5.75 Å². The monoisotopic (exact) mass is 457 g/mol. The highest BCUT2D eigenvalue weighted by Crippen LogP contribution is 2.30. The molecule has 0 saturated carbocycles. The second-order valence-electron chi connectivity index (χ2n) is 6.51. The molecular formula is C22H20FN3O3S2. The molecule has 31 heavy (non-hydrogen) atoms. The van der Waals surface area contributed by atoms with Gasteiger partial charge in [-0.15, -0.1) is 21.5 Å². The molecule has 9 heteroatoms. The Balaban J connectivity index is 1.33. The van der Waals surface area contributed by atoms with E-state index in [2.05, 4.69) is 15.2 Å². The number of hydrogen-bond donors (Lipinski definition) is 0. The van der Waals surface area contributed by atoms with Gasteiger partial charge in [0.25, 0.3) is 11.1 Å². The van der Waals surface area contributed by atoms with E-state index in [1.807, 2.05) is 36.6 Å². The fraction of sp³-hybridized carbons (Fsp3) is 0.227. The first-order chi connectivity index (χ1) is 15.1. The summed E-state index contributed by atoms with van der Waals surface area (Å²) in [6, 6.07) is 13.7. The highest BCUT2D eigenvalue weighted by Gasteiger charge is 2.16. The molecule has 0 aliphatic heterocycles. The van der Waals surface area contributed by atoms with E-state index < -0.39 is 6.10 Å². The number of halogens is 1. The lowest BCUT2D eigenvalue weighted by molar-refractivity contribution is 0.181. The van der Waals surface area contributed by atoms with Crippen molar-refractivity contribution in [2.45, 2.75) is 30.9 Å². The van der Waals surface area contributed by atoms with E-state index in [4.69, 9.17) is 13.9 Å². The SMILES string of the molecule is CCOc1ccc(-c2nc(CSc3nnc(C(C)Oc4ccc(F)cc4)o3)cs2)cc1. The van der Waals surface area contributed by atoms with E-state index in [1.54, 1.807) is 30.4 Å². The van der Waals surface area contributed by atoms with Crippen molar-refractivity contribution in [1.82, 2.24) is 15.2 Å². The summed E-state index contributed by atoms with van der Waals surface area (Å²) in [6.07, 6.45) is -0.446. The maximum atomic E-state index is 13.0. The first-order valence-corrected chi connectivity index (χ1v) is 11.5. The van der Waals surface area contributed by atoms with Crippen molar-refractivity contribution in [3.63, 3.8) is 0 Å². The molecule has 0 aliphatic carbocycles. The van der Waals surface area contributed by atoms with Crippen LogP contribution in [0.1, 0.15) is 31.5 Å². The quantitative estimate of drug-likeness (QED) is 0.279. The second kappa shape index (κ2) is 9.93. The lowest BCUT2D eigenvalue weighted by atomic mass is 10.2. The van der Waals surface area contributed by atoms with Crippen LogP contribution >= 0.6 is 23.1 Å². The van der Waals surface area contributed by atoms with Crippen LogP contribution in [0, 0.1) is 5.82 Å². The average Bonchev–Trinajstić information content (AvgIpc) is 3.44. The molecule has 2 aromatic heterocycles. The average molecular weight is 458 g/mol. The Morgan fingerprint density at radius 2 is 1.81 bits per heavy atom. The molecule has 0 saturated heterocycles. The fourth-order valence-corrected chi connectivity index (χ4v) is 4.31. The van der Waals surface area contributed by atoms with Gasteiger partial charge >= 0.3 is 0 Å². The van der Waals surface area contributed by atoms with Crippen LogP contribution in [0.5, 0.6) is 11.5 Å². The summed E-state index contributed by atoms with van der Waals surface area (Å²) in [7, 11) is 0. The number of hydrogen-bond acceptors (Lipinski definition) is 8. The van der Waals surface area contributed by atoms with Gasteiger partial charge in [0.05, 0.1) is 12.3 Å². The molecule has 0 bridgehead atoms. The minimum absolute atomic E-state index is 0.316. The first-order valence-electron chi connectivity index (χ1n) is 9.67. The van der Waals surface area contributed by atoms with Crippen LogP contribution in [0.2, 0.25) is 0 Å².